The highest BCUT2D eigenvalue weighted by atomic mass is 19.4. The number of hydrogen-bond acceptors (Lipinski definition) is 4. The maximum atomic E-state index is 13.6. The standard InChI is InChI=1S/C30H40F6N6/c1-3-40(17-20-8-5-6-9-20)27-15-23-11-7-10-22(23)14-24(27)19-41(28(37)39-42(38)4-2)18-21-12-25(29(31,32)33)16-26(13-21)30(34,35)36/h12-16,20H,3-11,17-19,38H2,1-2H3,(H2,37,39). The van der Waals surface area contributed by atoms with E-state index in [1.54, 1.807) is 6.92 Å². The van der Waals surface area contributed by atoms with E-state index in [1.807, 2.05) is 0 Å². The molecule has 0 aliphatic heterocycles. The normalized spacial score (nSPS) is 16.2. The molecule has 0 heterocycles. The Morgan fingerprint density at radius 3 is 1.98 bits per heavy atom. The van der Waals surface area contributed by atoms with Crippen LogP contribution >= 0.6 is 0 Å². The summed E-state index contributed by atoms with van der Waals surface area (Å²) in [5, 5.41) is 5.24. The lowest BCUT2D eigenvalue weighted by Gasteiger charge is -2.32. The summed E-state index contributed by atoms with van der Waals surface area (Å²) in [5.74, 6) is 6.34. The van der Waals surface area contributed by atoms with Crippen molar-refractivity contribution in [3.63, 3.8) is 0 Å². The highest BCUT2D eigenvalue weighted by Gasteiger charge is 2.37. The molecule has 0 amide bonds. The molecule has 1 fully saturated rings. The molecular formula is C30H40F6N6. The van der Waals surface area contributed by atoms with E-state index in [-0.39, 0.29) is 30.7 Å². The van der Waals surface area contributed by atoms with Gasteiger partial charge in [-0.15, -0.1) is 5.10 Å². The Hall–Kier alpha value is -3.15. The topological polar surface area (TPSA) is 74.1 Å². The Morgan fingerprint density at radius 2 is 1.43 bits per heavy atom. The van der Waals surface area contributed by atoms with Crippen molar-refractivity contribution in [2.24, 2.45) is 22.6 Å². The van der Waals surface area contributed by atoms with Gasteiger partial charge in [-0.05, 0) is 98.4 Å². The highest BCUT2D eigenvalue weighted by molar-refractivity contribution is 5.78. The van der Waals surface area contributed by atoms with E-state index >= 15 is 0 Å². The Balaban J connectivity index is 1.76. The zero-order chi connectivity index (χ0) is 30.7. The van der Waals surface area contributed by atoms with E-state index < -0.39 is 23.5 Å². The highest BCUT2D eigenvalue weighted by Crippen LogP contribution is 2.38. The van der Waals surface area contributed by atoms with Crippen LogP contribution in [0.4, 0.5) is 32.0 Å². The quantitative estimate of drug-likeness (QED) is 0.105. The molecule has 0 radical (unpaired) electrons. The maximum absolute atomic E-state index is 13.6. The van der Waals surface area contributed by atoms with Crippen LogP contribution in [-0.4, -0.2) is 35.6 Å². The van der Waals surface area contributed by atoms with Gasteiger partial charge >= 0.3 is 12.4 Å². The van der Waals surface area contributed by atoms with Crippen LogP contribution in [0, 0.1) is 5.92 Å². The molecule has 0 bridgehead atoms. The summed E-state index contributed by atoms with van der Waals surface area (Å²) < 4.78 is 81.7. The maximum Gasteiger partial charge on any atom is 0.416 e. The number of rotatable bonds is 10. The van der Waals surface area contributed by atoms with Crippen molar-refractivity contribution < 1.29 is 26.3 Å². The molecule has 232 valence electrons. The fraction of sp³-hybridized carbons (Fsp3) is 0.567. The summed E-state index contributed by atoms with van der Waals surface area (Å²) in [5.41, 5.74) is 7.81. The van der Waals surface area contributed by atoms with E-state index in [0.717, 1.165) is 60.9 Å². The van der Waals surface area contributed by atoms with Crippen LogP contribution in [0.5, 0.6) is 0 Å². The zero-order valence-corrected chi connectivity index (χ0v) is 24.2. The van der Waals surface area contributed by atoms with Crippen LogP contribution in [0.2, 0.25) is 0 Å². The molecular weight excluding hydrogens is 558 g/mol. The van der Waals surface area contributed by atoms with Crippen molar-refractivity contribution in [2.45, 2.75) is 84.2 Å². The molecule has 6 nitrogen and oxygen atoms in total. The molecule has 0 saturated heterocycles. The second-order valence-corrected chi connectivity index (χ2v) is 11.3. The van der Waals surface area contributed by atoms with Crippen LogP contribution in [-0.2, 0) is 38.3 Å². The van der Waals surface area contributed by atoms with Gasteiger partial charge in [0.05, 0.1) is 17.7 Å². The molecule has 42 heavy (non-hydrogen) atoms. The summed E-state index contributed by atoms with van der Waals surface area (Å²) in [7, 11) is 0. The van der Waals surface area contributed by atoms with Gasteiger partial charge < -0.3 is 15.5 Å². The number of alkyl halides is 6. The molecule has 12 heteroatoms. The molecule has 2 aromatic rings. The summed E-state index contributed by atoms with van der Waals surface area (Å²) in [4.78, 5) is 3.83. The zero-order valence-electron chi connectivity index (χ0n) is 24.2. The van der Waals surface area contributed by atoms with Crippen LogP contribution in [0.15, 0.2) is 35.4 Å². The molecule has 2 aromatic carbocycles. The molecule has 4 rings (SSSR count). The van der Waals surface area contributed by atoms with Gasteiger partial charge in [-0.2, -0.15) is 26.3 Å². The number of anilines is 1. The number of nitrogens with zero attached hydrogens (tertiary/aromatic N) is 4. The van der Waals surface area contributed by atoms with Crippen molar-refractivity contribution in [1.29, 1.82) is 0 Å². The lowest BCUT2D eigenvalue weighted by molar-refractivity contribution is -0.143. The van der Waals surface area contributed by atoms with Gasteiger partial charge in [0.15, 0.2) is 0 Å². The SMILES string of the molecule is CCN(N)/N=C(\N)N(Cc1cc(C(F)(F)F)cc(C(F)(F)F)c1)Cc1cc2c(cc1N(CC)CC1CCCC1)CCC2. The van der Waals surface area contributed by atoms with Gasteiger partial charge in [0.25, 0.3) is 0 Å². The smallest absolute Gasteiger partial charge is 0.371 e. The first-order valence-corrected chi connectivity index (χ1v) is 14.6. The first-order chi connectivity index (χ1) is 19.8. The van der Waals surface area contributed by atoms with Crippen LogP contribution in [0.1, 0.15) is 79.3 Å². The first kappa shape index (κ1) is 31.8. The molecule has 0 atom stereocenters. The van der Waals surface area contributed by atoms with Gasteiger partial charge in [-0.25, -0.2) is 11.0 Å². The van der Waals surface area contributed by atoms with Crippen molar-refractivity contribution in [3.8, 4) is 0 Å². The number of hydrazine groups is 1. The average Bonchev–Trinajstić information content (AvgIpc) is 3.61. The Labute approximate surface area is 243 Å². The van der Waals surface area contributed by atoms with E-state index in [0.29, 0.717) is 12.5 Å². The minimum Gasteiger partial charge on any atom is -0.371 e. The summed E-state index contributed by atoms with van der Waals surface area (Å²) in [6, 6.07) is 5.91. The monoisotopic (exact) mass is 598 g/mol. The fourth-order valence-corrected chi connectivity index (χ4v) is 6.01. The predicted octanol–water partition coefficient (Wildman–Crippen LogP) is 6.66. The van der Waals surface area contributed by atoms with Crippen LogP contribution < -0.4 is 16.5 Å². The second kappa shape index (κ2) is 13.0. The number of hydrazone groups is 1. The number of aryl methyl sites for hydroxylation is 2. The number of hydrogen-bond donors (Lipinski definition) is 2. The third kappa shape index (κ3) is 7.81. The Kier molecular flexibility index (Phi) is 9.84. The van der Waals surface area contributed by atoms with Gasteiger partial charge in [0.2, 0.25) is 5.96 Å². The van der Waals surface area contributed by atoms with E-state index in [1.165, 1.54) is 41.7 Å². The lowest BCUT2D eigenvalue weighted by Crippen LogP contribution is -2.40. The number of fused-ring (bicyclic) bond motifs is 1. The largest absolute Gasteiger partial charge is 0.416 e. The molecule has 2 aliphatic carbocycles. The minimum atomic E-state index is -4.95. The minimum absolute atomic E-state index is 0.101. The van der Waals surface area contributed by atoms with Gasteiger partial charge in [-0.1, -0.05) is 18.9 Å². The Bertz CT molecular complexity index is 1220. The van der Waals surface area contributed by atoms with Crippen molar-refractivity contribution >= 4 is 11.6 Å². The average molecular weight is 599 g/mol. The van der Waals surface area contributed by atoms with Gasteiger partial charge in [-0.3, -0.25) is 0 Å². The van der Waals surface area contributed by atoms with Crippen LogP contribution in [0.3, 0.4) is 0 Å². The van der Waals surface area contributed by atoms with Crippen molar-refractivity contribution in [1.82, 2.24) is 10.0 Å². The summed E-state index contributed by atoms with van der Waals surface area (Å²) in [6.45, 7) is 5.59. The number of guanidine groups is 1. The predicted molar refractivity (Wildman–Crippen MR) is 152 cm³/mol. The number of halogens is 6. The molecule has 0 spiro atoms. The van der Waals surface area contributed by atoms with Crippen molar-refractivity contribution in [2.75, 3.05) is 24.5 Å². The van der Waals surface area contributed by atoms with Gasteiger partial charge in [0.1, 0.15) is 0 Å². The van der Waals surface area contributed by atoms with Crippen LogP contribution in [0.25, 0.3) is 0 Å². The summed E-state index contributed by atoms with van der Waals surface area (Å²) >= 11 is 0. The number of nitrogens with two attached hydrogens (primary N) is 2. The molecule has 2 aliphatic rings. The summed E-state index contributed by atoms with van der Waals surface area (Å²) in [6.07, 6.45) is -2.23. The molecule has 0 aromatic heterocycles. The fourth-order valence-electron chi connectivity index (χ4n) is 6.01. The second-order valence-electron chi connectivity index (χ2n) is 11.3. The van der Waals surface area contributed by atoms with E-state index in [4.69, 9.17) is 11.6 Å². The molecule has 1 saturated carbocycles. The third-order valence-corrected chi connectivity index (χ3v) is 8.23. The number of benzene rings is 2. The molecule has 4 N–H and O–H groups in total. The molecule has 0 unspecified atom stereocenters. The lowest BCUT2D eigenvalue weighted by atomic mass is 10.0. The third-order valence-electron chi connectivity index (χ3n) is 8.23. The van der Waals surface area contributed by atoms with E-state index in [9.17, 15) is 26.3 Å². The van der Waals surface area contributed by atoms with Gasteiger partial charge in [0, 0.05) is 31.9 Å². The Morgan fingerprint density at radius 1 is 0.833 bits per heavy atom. The van der Waals surface area contributed by atoms with Crippen molar-refractivity contribution in [3.05, 3.63) is 63.7 Å². The van der Waals surface area contributed by atoms with E-state index in [2.05, 4.69) is 29.1 Å². The first-order valence-electron chi connectivity index (χ1n) is 14.6.